The molecule has 0 saturated carbocycles. The van der Waals surface area contributed by atoms with Gasteiger partial charge in [0.05, 0.1) is 17.8 Å². The average molecular weight is 546 g/mol. The van der Waals surface area contributed by atoms with Gasteiger partial charge in [0.1, 0.15) is 11.5 Å². The number of ether oxygens (including phenoxy) is 1. The Morgan fingerprint density at radius 3 is 2.42 bits per heavy atom. The Balaban J connectivity index is 1.38. The van der Waals surface area contributed by atoms with Crippen LogP contribution in [0.4, 0.5) is 5.69 Å². The van der Waals surface area contributed by atoms with Crippen LogP contribution in [0, 0.1) is 20.8 Å². The van der Waals surface area contributed by atoms with Crippen LogP contribution in [-0.4, -0.2) is 19.6 Å². The molecule has 5 aromatic rings. The van der Waals surface area contributed by atoms with Crippen LogP contribution >= 0.6 is 12.2 Å². The van der Waals surface area contributed by atoms with Gasteiger partial charge >= 0.3 is 0 Å². The zero-order chi connectivity index (χ0) is 27.6. The summed E-state index contributed by atoms with van der Waals surface area (Å²) in [6, 6.07) is 28.4. The quantitative estimate of drug-likeness (QED) is 0.218. The van der Waals surface area contributed by atoms with Gasteiger partial charge in [0.2, 0.25) is 0 Å². The summed E-state index contributed by atoms with van der Waals surface area (Å²) in [6.07, 6.45) is 5.57. The van der Waals surface area contributed by atoms with E-state index in [1.165, 1.54) is 22.5 Å². The van der Waals surface area contributed by atoms with Crippen LogP contribution in [0.25, 0.3) is 0 Å². The summed E-state index contributed by atoms with van der Waals surface area (Å²) in [7, 11) is 0. The number of pyridine rings is 2. The van der Waals surface area contributed by atoms with E-state index >= 15 is 0 Å². The Hall–Kier alpha value is -4.49. The van der Waals surface area contributed by atoms with Gasteiger partial charge in [-0.25, -0.2) is 0 Å². The van der Waals surface area contributed by atoms with E-state index in [1.807, 2.05) is 80.1 Å². The van der Waals surface area contributed by atoms with Crippen molar-refractivity contribution in [3.63, 3.8) is 0 Å². The molecule has 7 heteroatoms. The average Bonchev–Trinajstić information content (AvgIpc) is 3.46. The maximum Gasteiger partial charge on any atom is 0.174 e. The standard InChI is InChI=1S/C33H31N5OS/c1-22-9-4-5-12-30(22)39-27-15-13-26(14-16-27)38-32(31(36-33(38)40)29-11-6-7-18-35-29)28-19-23(2)37(24(28)3)21-25-10-8-17-34-20-25/h4-20,31-32H,21H2,1-3H3,(H,36,40)/t31-,32+/m0/s1. The molecular formula is C33H31N5OS. The first-order chi connectivity index (χ1) is 19.5. The van der Waals surface area contributed by atoms with Gasteiger partial charge in [-0.1, -0.05) is 30.3 Å². The van der Waals surface area contributed by atoms with E-state index in [1.54, 1.807) is 0 Å². The fraction of sp³-hybridized carbons (Fsp3) is 0.182. The summed E-state index contributed by atoms with van der Waals surface area (Å²) in [5, 5.41) is 4.25. The Labute approximate surface area is 240 Å². The monoisotopic (exact) mass is 545 g/mol. The lowest BCUT2D eigenvalue weighted by molar-refractivity contribution is 0.479. The zero-order valence-electron chi connectivity index (χ0n) is 22.8. The van der Waals surface area contributed by atoms with Crippen molar-refractivity contribution in [2.45, 2.75) is 39.4 Å². The maximum absolute atomic E-state index is 6.16. The Kier molecular flexibility index (Phi) is 7.05. The van der Waals surface area contributed by atoms with Crippen molar-refractivity contribution in [2.24, 2.45) is 0 Å². The van der Waals surface area contributed by atoms with Gasteiger partial charge in [0.15, 0.2) is 5.11 Å². The third-order valence-electron chi connectivity index (χ3n) is 7.53. The van der Waals surface area contributed by atoms with Crippen LogP contribution in [0.5, 0.6) is 11.5 Å². The van der Waals surface area contributed by atoms with Crippen LogP contribution < -0.4 is 15.0 Å². The van der Waals surface area contributed by atoms with Crippen molar-refractivity contribution in [3.8, 4) is 11.5 Å². The maximum atomic E-state index is 6.16. The van der Waals surface area contributed by atoms with E-state index in [9.17, 15) is 0 Å². The molecular weight excluding hydrogens is 514 g/mol. The van der Waals surface area contributed by atoms with E-state index in [0.717, 1.165) is 35.0 Å². The van der Waals surface area contributed by atoms with Crippen LogP contribution in [0.2, 0.25) is 0 Å². The molecule has 6 nitrogen and oxygen atoms in total. The van der Waals surface area contributed by atoms with Crippen LogP contribution in [0.15, 0.2) is 104 Å². The van der Waals surface area contributed by atoms with E-state index in [4.69, 9.17) is 21.9 Å². The molecule has 1 aliphatic rings. The summed E-state index contributed by atoms with van der Waals surface area (Å²) >= 11 is 5.96. The number of nitrogens with zero attached hydrogens (tertiary/aromatic N) is 4. The minimum atomic E-state index is -0.107. The second-order valence-electron chi connectivity index (χ2n) is 10.1. The lowest BCUT2D eigenvalue weighted by Gasteiger charge is -2.28. The third kappa shape index (κ3) is 4.96. The second kappa shape index (κ2) is 10.9. The smallest absolute Gasteiger partial charge is 0.174 e. The molecule has 3 aromatic heterocycles. The lowest BCUT2D eigenvalue weighted by atomic mass is 9.96. The summed E-state index contributed by atoms with van der Waals surface area (Å²) in [6.45, 7) is 7.15. The van der Waals surface area contributed by atoms with Crippen LogP contribution in [-0.2, 0) is 6.54 Å². The van der Waals surface area contributed by atoms with Gasteiger partial charge in [-0.05, 0) is 104 Å². The molecule has 40 heavy (non-hydrogen) atoms. The van der Waals surface area contributed by atoms with Crippen molar-refractivity contribution >= 4 is 23.0 Å². The molecule has 200 valence electrons. The molecule has 6 rings (SSSR count). The molecule has 0 unspecified atom stereocenters. The summed E-state index contributed by atoms with van der Waals surface area (Å²) in [5.74, 6) is 1.63. The first-order valence-corrected chi connectivity index (χ1v) is 13.8. The van der Waals surface area contributed by atoms with Crippen LogP contribution in [0.1, 0.15) is 45.9 Å². The van der Waals surface area contributed by atoms with Crippen molar-refractivity contribution < 1.29 is 4.74 Å². The molecule has 4 heterocycles. The fourth-order valence-corrected chi connectivity index (χ4v) is 5.81. The van der Waals surface area contributed by atoms with Crippen molar-refractivity contribution in [1.29, 1.82) is 0 Å². The Morgan fingerprint density at radius 2 is 1.70 bits per heavy atom. The molecule has 1 saturated heterocycles. The lowest BCUT2D eigenvalue weighted by Crippen LogP contribution is -2.29. The van der Waals surface area contributed by atoms with Gasteiger partial charge in [0.25, 0.3) is 0 Å². The number of thiocarbonyl (C=S) groups is 1. The van der Waals surface area contributed by atoms with E-state index in [2.05, 4.69) is 63.9 Å². The van der Waals surface area contributed by atoms with E-state index in [-0.39, 0.29) is 12.1 Å². The van der Waals surface area contributed by atoms with E-state index in [0.29, 0.717) is 5.11 Å². The zero-order valence-corrected chi connectivity index (χ0v) is 23.6. The van der Waals surface area contributed by atoms with Crippen molar-refractivity contribution in [1.82, 2.24) is 19.9 Å². The van der Waals surface area contributed by atoms with Crippen molar-refractivity contribution in [3.05, 3.63) is 137 Å². The largest absolute Gasteiger partial charge is 0.457 e. The van der Waals surface area contributed by atoms with E-state index < -0.39 is 0 Å². The predicted molar refractivity (Wildman–Crippen MR) is 163 cm³/mol. The van der Waals surface area contributed by atoms with Crippen molar-refractivity contribution in [2.75, 3.05) is 4.90 Å². The highest BCUT2D eigenvalue weighted by atomic mass is 32.1. The third-order valence-corrected chi connectivity index (χ3v) is 7.84. The van der Waals surface area contributed by atoms with Gasteiger partial charge in [0, 0.05) is 42.2 Å². The minimum Gasteiger partial charge on any atom is -0.457 e. The topological polar surface area (TPSA) is 55.2 Å². The Bertz CT molecular complexity index is 1630. The first kappa shape index (κ1) is 25.8. The number of para-hydroxylation sites is 1. The molecule has 0 spiro atoms. The molecule has 1 N–H and O–H groups in total. The molecule has 0 bridgehead atoms. The summed E-state index contributed by atoms with van der Waals surface area (Å²) in [4.78, 5) is 11.2. The SMILES string of the molecule is Cc1ccccc1Oc1ccc(N2C(=S)N[C@@H](c3ccccn3)[C@H]2c2cc(C)n(Cc3cccnc3)c2C)cc1. The summed E-state index contributed by atoms with van der Waals surface area (Å²) in [5.41, 5.74) is 7.81. The normalized spacial score (nSPS) is 16.7. The number of aryl methyl sites for hydroxylation is 2. The number of anilines is 1. The highest BCUT2D eigenvalue weighted by Crippen LogP contribution is 2.43. The molecule has 2 aromatic carbocycles. The molecule has 2 atom stereocenters. The highest BCUT2D eigenvalue weighted by molar-refractivity contribution is 7.80. The number of hydrogen-bond donors (Lipinski definition) is 1. The minimum absolute atomic E-state index is 0.0839. The number of aromatic nitrogens is 3. The highest BCUT2D eigenvalue weighted by Gasteiger charge is 2.42. The molecule has 0 amide bonds. The number of hydrogen-bond acceptors (Lipinski definition) is 4. The second-order valence-corrected chi connectivity index (χ2v) is 10.5. The molecule has 0 aliphatic carbocycles. The molecule has 1 aliphatic heterocycles. The number of rotatable bonds is 7. The van der Waals surface area contributed by atoms with Crippen LogP contribution in [0.3, 0.4) is 0 Å². The number of nitrogens with one attached hydrogen (secondary N) is 1. The molecule has 0 radical (unpaired) electrons. The van der Waals surface area contributed by atoms with Gasteiger partial charge < -0.3 is 19.5 Å². The molecule has 1 fully saturated rings. The first-order valence-electron chi connectivity index (χ1n) is 13.4. The Morgan fingerprint density at radius 1 is 0.900 bits per heavy atom. The van der Waals surface area contributed by atoms with Gasteiger partial charge in [-0.2, -0.15) is 0 Å². The predicted octanol–water partition coefficient (Wildman–Crippen LogP) is 7.22. The fourth-order valence-electron chi connectivity index (χ4n) is 5.47. The van der Waals surface area contributed by atoms with Gasteiger partial charge in [-0.3, -0.25) is 9.97 Å². The van der Waals surface area contributed by atoms with Gasteiger partial charge in [-0.15, -0.1) is 0 Å². The summed E-state index contributed by atoms with van der Waals surface area (Å²) < 4.78 is 8.51. The number of benzene rings is 2.